The molecule has 3 N–H and O–H groups in total. The lowest BCUT2D eigenvalue weighted by atomic mass is 9.91. The minimum Gasteiger partial charge on any atom is -0.353 e. The van der Waals surface area contributed by atoms with E-state index in [1.54, 1.807) is 12.1 Å². The van der Waals surface area contributed by atoms with Crippen LogP contribution in [0.2, 0.25) is 0 Å². The molecule has 6 nitrogen and oxygen atoms in total. The first-order valence-corrected chi connectivity index (χ1v) is 6.83. The van der Waals surface area contributed by atoms with Crippen molar-refractivity contribution in [2.45, 2.75) is 44.2 Å². The average Bonchev–Trinajstić information content (AvgIpc) is 2.41. The molecular weight excluding hydrogens is 258 g/mol. The molecule has 1 amide bonds. The van der Waals surface area contributed by atoms with Crippen molar-refractivity contribution in [1.82, 2.24) is 5.32 Å². The molecule has 20 heavy (non-hydrogen) atoms. The maximum Gasteiger partial charge on any atom is 0.269 e. The summed E-state index contributed by atoms with van der Waals surface area (Å²) in [7, 11) is 0. The zero-order valence-corrected chi connectivity index (χ0v) is 11.2. The van der Waals surface area contributed by atoms with E-state index in [1.807, 2.05) is 0 Å². The van der Waals surface area contributed by atoms with Crippen LogP contribution >= 0.6 is 0 Å². The van der Waals surface area contributed by atoms with E-state index < -0.39 is 4.92 Å². The molecule has 0 saturated heterocycles. The molecule has 0 heterocycles. The summed E-state index contributed by atoms with van der Waals surface area (Å²) in [5, 5.41) is 13.7. The maximum absolute atomic E-state index is 11.9. The molecule has 0 spiro atoms. The molecule has 1 aliphatic rings. The molecule has 1 aromatic carbocycles. The van der Waals surface area contributed by atoms with E-state index in [0.29, 0.717) is 5.56 Å². The van der Waals surface area contributed by atoms with Crippen LogP contribution in [0.1, 0.15) is 31.2 Å². The van der Waals surface area contributed by atoms with Crippen LogP contribution < -0.4 is 11.1 Å². The van der Waals surface area contributed by atoms with Gasteiger partial charge in [0.2, 0.25) is 5.91 Å². The molecule has 1 saturated carbocycles. The molecule has 1 aliphatic carbocycles. The number of nitro benzene ring substituents is 1. The van der Waals surface area contributed by atoms with Gasteiger partial charge in [0.05, 0.1) is 11.3 Å². The number of nitrogens with two attached hydrogens (primary N) is 1. The SMILES string of the molecule is NC1CCC(NC(=O)Cc2cccc([N+](=O)[O-])c2)CC1. The van der Waals surface area contributed by atoms with Gasteiger partial charge in [0.15, 0.2) is 0 Å². The molecule has 1 aromatic rings. The summed E-state index contributed by atoms with van der Waals surface area (Å²) in [5.74, 6) is -0.0917. The molecule has 0 radical (unpaired) electrons. The van der Waals surface area contributed by atoms with E-state index in [2.05, 4.69) is 5.32 Å². The molecule has 108 valence electrons. The van der Waals surface area contributed by atoms with Crippen molar-refractivity contribution in [3.05, 3.63) is 39.9 Å². The molecule has 0 bridgehead atoms. The fourth-order valence-electron chi connectivity index (χ4n) is 2.51. The predicted octanol–water partition coefficient (Wildman–Crippen LogP) is 1.52. The van der Waals surface area contributed by atoms with Crippen LogP contribution in [0.4, 0.5) is 5.69 Å². The van der Waals surface area contributed by atoms with Gasteiger partial charge in [0.1, 0.15) is 0 Å². The van der Waals surface area contributed by atoms with E-state index in [1.165, 1.54) is 12.1 Å². The number of nitro groups is 1. The second-order valence-electron chi connectivity index (χ2n) is 5.28. The first kappa shape index (κ1) is 14.5. The number of hydrogen-bond donors (Lipinski definition) is 2. The highest BCUT2D eigenvalue weighted by molar-refractivity contribution is 5.79. The van der Waals surface area contributed by atoms with Crippen molar-refractivity contribution in [3.63, 3.8) is 0 Å². The highest BCUT2D eigenvalue weighted by atomic mass is 16.6. The first-order valence-electron chi connectivity index (χ1n) is 6.83. The van der Waals surface area contributed by atoms with E-state index in [9.17, 15) is 14.9 Å². The molecule has 1 fully saturated rings. The Balaban J connectivity index is 1.88. The van der Waals surface area contributed by atoms with Crippen LogP contribution in [0.15, 0.2) is 24.3 Å². The second kappa shape index (κ2) is 6.47. The van der Waals surface area contributed by atoms with Gasteiger partial charge in [-0.05, 0) is 31.2 Å². The largest absolute Gasteiger partial charge is 0.353 e. The summed E-state index contributed by atoms with van der Waals surface area (Å²) in [6.07, 6.45) is 3.84. The standard InChI is InChI=1S/C14H19N3O3/c15-11-4-6-12(7-5-11)16-14(18)9-10-2-1-3-13(8-10)17(19)20/h1-3,8,11-12H,4-7,9,15H2,(H,16,18). The number of hydrogen-bond acceptors (Lipinski definition) is 4. The average molecular weight is 277 g/mol. The van der Waals surface area contributed by atoms with Gasteiger partial charge in [0, 0.05) is 24.2 Å². The number of nitrogens with zero attached hydrogens (tertiary/aromatic N) is 1. The number of carbonyl (C=O) groups is 1. The van der Waals surface area contributed by atoms with Crippen LogP contribution in [-0.4, -0.2) is 22.9 Å². The summed E-state index contributed by atoms with van der Waals surface area (Å²) < 4.78 is 0. The smallest absolute Gasteiger partial charge is 0.269 e. The lowest BCUT2D eigenvalue weighted by Crippen LogP contribution is -2.41. The summed E-state index contributed by atoms with van der Waals surface area (Å²) in [4.78, 5) is 22.2. The number of carbonyl (C=O) groups excluding carboxylic acids is 1. The van der Waals surface area contributed by atoms with Crippen molar-refractivity contribution < 1.29 is 9.72 Å². The number of non-ortho nitro benzene ring substituents is 1. The lowest BCUT2D eigenvalue weighted by Gasteiger charge is -2.26. The third kappa shape index (κ3) is 4.03. The summed E-state index contributed by atoms with van der Waals surface area (Å²) in [6, 6.07) is 6.62. The Morgan fingerprint density at radius 3 is 2.70 bits per heavy atom. The number of rotatable bonds is 4. The van der Waals surface area contributed by atoms with Gasteiger partial charge in [-0.2, -0.15) is 0 Å². The molecule has 0 atom stereocenters. The fraction of sp³-hybridized carbons (Fsp3) is 0.500. The Kier molecular flexibility index (Phi) is 4.68. The van der Waals surface area contributed by atoms with Crippen molar-refractivity contribution in [1.29, 1.82) is 0 Å². The van der Waals surface area contributed by atoms with Crippen LogP contribution in [0.5, 0.6) is 0 Å². The molecule has 0 unspecified atom stereocenters. The summed E-state index contributed by atoms with van der Waals surface area (Å²) >= 11 is 0. The Hall–Kier alpha value is -1.95. The van der Waals surface area contributed by atoms with Gasteiger partial charge in [0.25, 0.3) is 5.69 Å². The van der Waals surface area contributed by atoms with E-state index in [0.717, 1.165) is 25.7 Å². The number of amides is 1. The van der Waals surface area contributed by atoms with E-state index in [4.69, 9.17) is 5.73 Å². The van der Waals surface area contributed by atoms with Crippen molar-refractivity contribution in [2.24, 2.45) is 5.73 Å². The zero-order chi connectivity index (χ0) is 14.5. The first-order chi connectivity index (χ1) is 9.54. The minimum absolute atomic E-state index is 0.0129. The molecule has 2 rings (SSSR count). The van der Waals surface area contributed by atoms with Crippen LogP contribution in [0.25, 0.3) is 0 Å². The Morgan fingerprint density at radius 2 is 2.05 bits per heavy atom. The van der Waals surface area contributed by atoms with Gasteiger partial charge in [-0.15, -0.1) is 0 Å². The number of nitrogens with one attached hydrogen (secondary N) is 1. The topological polar surface area (TPSA) is 98.3 Å². The zero-order valence-electron chi connectivity index (χ0n) is 11.2. The maximum atomic E-state index is 11.9. The lowest BCUT2D eigenvalue weighted by molar-refractivity contribution is -0.384. The van der Waals surface area contributed by atoms with Gasteiger partial charge in [-0.25, -0.2) is 0 Å². The summed E-state index contributed by atoms with van der Waals surface area (Å²) in [6.45, 7) is 0. The molecule has 0 aromatic heterocycles. The van der Waals surface area contributed by atoms with Crippen molar-refractivity contribution >= 4 is 11.6 Å². The fourth-order valence-corrected chi connectivity index (χ4v) is 2.51. The highest BCUT2D eigenvalue weighted by Gasteiger charge is 2.20. The molecule has 0 aliphatic heterocycles. The normalized spacial score (nSPS) is 22.2. The Bertz CT molecular complexity index is 496. The third-order valence-electron chi connectivity index (χ3n) is 3.62. The Morgan fingerprint density at radius 1 is 1.35 bits per heavy atom. The van der Waals surface area contributed by atoms with Crippen LogP contribution in [0.3, 0.4) is 0 Å². The van der Waals surface area contributed by atoms with Crippen LogP contribution in [-0.2, 0) is 11.2 Å². The van der Waals surface area contributed by atoms with Gasteiger partial charge >= 0.3 is 0 Å². The predicted molar refractivity (Wildman–Crippen MR) is 75.2 cm³/mol. The third-order valence-corrected chi connectivity index (χ3v) is 3.62. The van der Waals surface area contributed by atoms with Crippen molar-refractivity contribution in [2.75, 3.05) is 0 Å². The van der Waals surface area contributed by atoms with E-state index in [-0.39, 0.29) is 30.1 Å². The number of benzene rings is 1. The van der Waals surface area contributed by atoms with Gasteiger partial charge in [-0.1, -0.05) is 12.1 Å². The second-order valence-corrected chi connectivity index (χ2v) is 5.28. The quantitative estimate of drug-likeness (QED) is 0.644. The van der Waals surface area contributed by atoms with Gasteiger partial charge < -0.3 is 11.1 Å². The molecule has 6 heteroatoms. The highest BCUT2D eigenvalue weighted by Crippen LogP contribution is 2.17. The van der Waals surface area contributed by atoms with E-state index >= 15 is 0 Å². The Labute approximate surface area is 117 Å². The van der Waals surface area contributed by atoms with Gasteiger partial charge in [-0.3, -0.25) is 14.9 Å². The minimum atomic E-state index is -0.454. The van der Waals surface area contributed by atoms with Crippen LogP contribution in [0, 0.1) is 10.1 Å². The van der Waals surface area contributed by atoms with Crippen molar-refractivity contribution in [3.8, 4) is 0 Å². The summed E-state index contributed by atoms with van der Waals surface area (Å²) in [5.41, 5.74) is 6.49. The molecular formula is C14H19N3O3. The monoisotopic (exact) mass is 277 g/mol.